The van der Waals surface area contributed by atoms with Gasteiger partial charge in [0, 0.05) is 16.8 Å². The number of nitrogens with zero attached hydrogens (tertiary/aromatic N) is 7. The first kappa shape index (κ1) is 60.4. The van der Waals surface area contributed by atoms with Crippen molar-refractivity contribution in [1.29, 1.82) is 0 Å². The molecule has 22 aromatic rings. The van der Waals surface area contributed by atoms with Gasteiger partial charge in [-0.25, -0.2) is 4.98 Å². The molecule has 0 spiro atoms. The number of imidazole rings is 1. The van der Waals surface area contributed by atoms with Crippen LogP contribution in [0.25, 0.3) is 209 Å². The second-order valence-corrected chi connectivity index (χ2v) is 31.8. The molecule has 0 atom stereocenters. The Morgan fingerprint density at radius 3 is 1.54 bits per heavy atom. The summed E-state index contributed by atoms with van der Waals surface area (Å²) in [6, 6.07) is 119. The van der Waals surface area contributed by atoms with Crippen molar-refractivity contribution >= 4 is 165 Å². The number of thiazole rings is 1. The molecule has 6 aromatic heterocycles. The summed E-state index contributed by atoms with van der Waals surface area (Å²) in [6.07, 6.45) is 0. The van der Waals surface area contributed by atoms with Crippen LogP contribution in [-0.4, -0.2) is 63.5 Å². The zero-order chi connectivity index (χ0) is 68.3. The third-order valence-corrected chi connectivity index (χ3v) is 26.5. The van der Waals surface area contributed by atoms with E-state index in [1.54, 1.807) is 11.3 Å². The van der Waals surface area contributed by atoms with Crippen LogP contribution >= 0.6 is 11.3 Å². The van der Waals surface area contributed by atoms with Gasteiger partial charge in [0.1, 0.15) is 5.82 Å². The Bertz CT molecular complexity index is 7230. The molecular formula is C94H55N7SSe2. The molecule has 484 valence electrons. The topological polar surface area (TPSA) is 82.3 Å². The summed E-state index contributed by atoms with van der Waals surface area (Å²) in [7, 11) is 0. The van der Waals surface area contributed by atoms with Crippen molar-refractivity contribution in [3.05, 3.63) is 334 Å². The van der Waals surface area contributed by atoms with Crippen molar-refractivity contribution in [2.45, 2.75) is 0 Å². The van der Waals surface area contributed by atoms with Gasteiger partial charge in [0.25, 0.3) is 0 Å². The summed E-state index contributed by atoms with van der Waals surface area (Å²) in [5.41, 5.74) is 18.7. The van der Waals surface area contributed by atoms with Crippen LogP contribution in [0.1, 0.15) is 0 Å². The molecule has 0 N–H and O–H groups in total. The molecule has 0 saturated heterocycles. The van der Waals surface area contributed by atoms with Crippen molar-refractivity contribution in [1.82, 2.24) is 34.5 Å². The first-order chi connectivity index (χ1) is 51.5. The molecule has 104 heavy (non-hydrogen) atoms. The van der Waals surface area contributed by atoms with E-state index in [0.717, 1.165) is 128 Å². The standard InChI is InChI=1S/C53H32N4Se.C41H23N3SSe/c1-4-13-35(14-5-1)49-44-32-38(27-29-45(44)54-52(55-49)42-21-12-20-41-40-19-10-11-22-47(40)58-51(41)42)37-26-24-33-23-25-34-28-30-46-50(48(34)43(33)31-37)56-53(36-15-6-2-7-16-36)57(46)39-17-8-3-9-18-39;1-2-9-25(10-3-1)41-44-39-34(45-41)22-20-24-17-18-26-23-27(19-21-28(26)36(24)39)37-38(43-33-15-6-5-14-32(33)42-37)31-13-8-12-30-29-11-4-7-16-35(29)46-40(30)31/h1-32H;1-23H. The predicted molar refractivity (Wildman–Crippen MR) is 439 cm³/mol. The molecular weight excluding hydrogens is 1420 g/mol. The minimum Gasteiger partial charge on any atom is -0.0616 e. The monoisotopic (exact) mass is 1470 g/mol. The molecule has 0 amide bonds. The first-order valence-corrected chi connectivity index (χ1v) is 39.0. The fourth-order valence-electron chi connectivity index (χ4n) is 15.4. The molecule has 0 saturated carbocycles. The minimum absolute atomic E-state index is 0.187. The molecule has 0 fully saturated rings. The molecule has 22 rings (SSSR count). The Kier molecular flexibility index (Phi) is 14.4. The SMILES string of the molecule is c1ccc(-c2nc(-c3cccc4c3[se]c3ccccc34)nc3ccc(-c4ccc5ccc6ccc7c(nc(-c8ccccc8)n7-c7ccccc7)c6c5c4)cc23)cc1.c1ccc(-c2nc3c(ccc4ccc5cc(-c6nc7ccccc7nc6-c6cccc7c6[se]c6ccccc67)ccc5c43)s2)cc1. The maximum atomic E-state index is 5.44. The zero-order valence-electron chi connectivity index (χ0n) is 55.6. The van der Waals surface area contributed by atoms with Crippen molar-refractivity contribution in [2.24, 2.45) is 0 Å². The molecule has 0 aliphatic carbocycles. The fourth-order valence-corrected chi connectivity index (χ4v) is 21.4. The Morgan fingerprint density at radius 1 is 0.279 bits per heavy atom. The van der Waals surface area contributed by atoms with Gasteiger partial charge in [-0.1, -0.05) is 97.1 Å². The maximum absolute atomic E-state index is 5.44. The van der Waals surface area contributed by atoms with Gasteiger partial charge in [-0.15, -0.1) is 0 Å². The zero-order valence-corrected chi connectivity index (χ0v) is 59.9. The molecule has 0 aliphatic rings. The van der Waals surface area contributed by atoms with E-state index in [2.05, 4.69) is 320 Å². The fraction of sp³-hybridized carbons (Fsp3) is 0. The van der Waals surface area contributed by atoms with Gasteiger partial charge < -0.3 is 0 Å². The molecule has 16 aromatic carbocycles. The van der Waals surface area contributed by atoms with Crippen LogP contribution in [-0.2, 0) is 0 Å². The number of hydrogen-bond acceptors (Lipinski definition) is 7. The summed E-state index contributed by atoms with van der Waals surface area (Å²) >= 11 is 2.14. The average Bonchev–Trinajstić information content (AvgIpc) is 1.39. The predicted octanol–water partition coefficient (Wildman–Crippen LogP) is 24.2. The summed E-state index contributed by atoms with van der Waals surface area (Å²) in [4.78, 5) is 31.9. The molecule has 6 heterocycles. The smallest absolute Gasteiger partial charge is 0.0616 e. The van der Waals surface area contributed by atoms with E-state index in [9.17, 15) is 0 Å². The van der Waals surface area contributed by atoms with Crippen molar-refractivity contribution < 1.29 is 0 Å². The van der Waals surface area contributed by atoms with Gasteiger partial charge in [0.2, 0.25) is 0 Å². The summed E-state index contributed by atoms with van der Waals surface area (Å²) < 4.78 is 9.07. The van der Waals surface area contributed by atoms with E-state index in [-0.39, 0.29) is 29.0 Å². The van der Waals surface area contributed by atoms with Crippen LogP contribution in [0.4, 0.5) is 0 Å². The second-order valence-electron chi connectivity index (χ2n) is 26.4. The van der Waals surface area contributed by atoms with Crippen LogP contribution in [0.15, 0.2) is 334 Å². The van der Waals surface area contributed by atoms with Crippen LogP contribution in [0, 0.1) is 0 Å². The minimum atomic E-state index is 0.187. The van der Waals surface area contributed by atoms with E-state index < -0.39 is 0 Å². The Labute approximate surface area is 612 Å². The molecule has 0 unspecified atom stereocenters. The van der Waals surface area contributed by atoms with Crippen molar-refractivity contribution in [3.63, 3.8) is 0 Å². The number of fused-ring (bicyclic) bond motifs is 18. The second kappa shape index (κ2) is 24.7. The number of benzene rings is 16. The van der Waals surface area contributed by atoms with Gasteiger partial charge in [0.15, 0.2) is 0 Å². The summed E-state index contributed by atoms with van der Waals surface area (Å²) in [5, 5.41) is 16.8. The third-order valence-electron chi connectivity index (χ3n) is 20.3. The van der Waals surface area contributed by atoms with E-state index >= 15 is 0 Å². The van der Waals surface area contributed by atoms with Gasteiger partial charge >= 0.3 is 453 Å². The van der Waals surface area contributed by atoms with Gasteiger partial charge in [-0.05, 0) is 23.6 Å². The summed E-state index contributed by atoms with van der Waals surface area (Å²) in [5.74, 6) is 1.70. The number of hydrogen-bond donors (Lipinski definition) is 0. The first-order valence-electron chi connectivity index (χ1n) is 34.8. The van der Waals surface area contributed by atoms with E-state index in [0.29, 0.717) is 0 Å². The van der Waals surface area contributed by atoms with E-state index in [1.165, 1.54) is 81.2 Å². The Hall–Kier alpha value is -12.4. The molecule has 10 heteroatoms. The van der Waals surface area contributed by atoms with Crippen molar-refractivity contribution in [2.75, 3.05) is 0 Å². The molecule has 0 radical (unpaired) electrons. The normalized spacial score (nSPS) is 11.8. The molecule has 7 nitrogen and oxygen atoms in total. The van der Waals surface area contributed by atoms with Crippen molar-refractivity contribution in [3.8, 4) is 83.9 Å². The van der Waals surface area contributed by atoms with Crippen LogP contribution < -0.4 is 0 Å². The molecule has 0 bridgehead atoms. The number of aromatic nitrogens is 7. The number of rotatable bonds is 8. The number of para-hydroxylation sites is 3. The quantitative estimate of drug-likeness (QED) is 0.111. The van der Waals surface area contributed by atoms with Gasteiger partial charge in [-0.2, -0.15) is 0 Å². The van der Waals surface area contributed by atoms with E-state index in [4.69, 9.17) is 29.9 Å². The summed E-state index contributed by atoms with van der Waals surface area (Å²) in [6.45, 7) is 0. The average molecular weight is 1470 g/mol. The van der Waals surface area contributed by atoms with Crippen LogP contribution in [0.5, 0.6) is 0 Å². The third kappa shape index (κ3) is 10.1. The van der Waals surface area contributed by atoms with Gasteiger partial charge in [0.05, 0.1) is 11.0 Å². The van der Waals surface area contributed by atoms with Crippen LogP contribution in [0.2, 0.25) is 0 Å². The Balaban J connectivity index is 0.000000138. The van der Waals surface area contributed by atoms with Gasteiger partial charge in [-0.3, -0.25) is 4.57 Å². The van der Waals surface area contributed by atoms with E-state index in [1.807, 2.05) is 18.2 Å². The van der Waals surface area contributed by atoms with Crippen LogP contribution in [0.3, 0.4) is 0 Å². The molecule has 0 aliphatic heterocycles. The Morgan fingerprint density at radius 2 is 0.817 bits per heavy atom.